The van der Waals surface area contributed by atoms with E-state index in [-0.39, 0.29) is 17.1 Å². The highest BCUT2D eigenvalue weighted by molar-refractivity contribution is 5.87. The Labute approximate surface area is 170 Å². The maximum atomic E-state index is 15.0. The minimum absolute atomic E-state index is 0.104. The molecule has 0 aliphatic carbocycles. The van der Waals surface area contributed by atoms with Crippen molar-refractivity contribution >= 4 is 16.9 Å². The van der Waals surface area contributed by atoms with E-state index in [1.165, 1.54) is 12.1 Å². The number of alkyl halides is 4. The first-order chi connectivity index (χ1) is 14.2. The number of hydrogen-bond acceptors (Lipinski definition) is 2. The highest BCUT2D eigenvalue weighted by Gasteiger charge is 2.73. The number of rotatable bonds is 3. The number of fused-ring (bicyclic) bond motifs is 1. The van der Waals surface area contributed by atoms with Crippen LogP contribution >= 0.6 is 0 Å². The fourth-order valence-corrected chi connectivity index (χ4v) is 3.66. The van der Waals surface area contributed by atoms with E-state index in [0.717, 1.165) is 0 Å². The summed E-state index contributed by atoms with van der Waals surface area (Å²) in [5.74, 6) is -9.18. The molecule has 1 fully saturated rings. The van der Waals surface area contributed by atoms with E-state index in [1.807, 2.05) is 0 Å². The predicted molar refractivity (Wildman–Crippen MR) is 104 cm³/mol. The lowest BCUT2D eigenvalue weighted by Crippen LogP contribution is -2.40. The van der Waals surface area contributed by atoms with Gasteiger partial charge in [-0.2, -0.15) is 17.6 Å². The van der Waals surface area contributed by atoms with Crippen molar-refractivity contribution in [2.24, 2.45) is 0 Å². The van der Waals surface area contributed by atoms with Crippen LogP contribution in [-0.4, -0.2) is 22.8 Å². The summed E-state index contributed by atoms with van der Waals surface area (Å²) in [6.07, 6.45) is -1.31. The second-order valence-electron chi connectivity index (χ2n) is 7.03. The first-order valence-electron chi connectivity index (χ1n) is 9.17. The number of nitrogens with zero attached hydrogens (tertiary/aromatic N) is 1. The zero-order valence-electron chi connectivity index (χ0n) is 15.7. The Kier molecular flexibility index (Phi) is 4.76. The van der Waals surface area contributed by atoms with Crippen molar-refractivity contribution in [1.29, 1.82) is 0 Å². The molecule has 0 N–H and O–H groups in total. The van der Waals surface area contributed by atoms with Gasteiger partial charge < -0.3 is 4.74 Å². The van der Waals surface area contributed by atoms with Crippen molar-refractivity contribution in [3.63, 3.8) is 0 Å². The van der Waals surface area contributed by atoms with Gasteiger partial charge in [-0.25, -0.2) is 4.79 Å². The van der Waals surface area contributed by atoms with Gasteiger partial charge in [-0.1, -0.05) is 79.4 Å². The third kappa shape index (κ3) is 3.01. The molecule has 3 nitrogen and oxygen atoms in total. The molecule has 30 heavy (non-hydrogen) atoms. The zero-order chi connectivity index (χ0) is 21.5. The van der Waals surface area contributed by atoms with Crippen molar-refractivity contribution in [3.8, 4) is 0 Å². The van der Waals surface area contributed by atoms with E-state index in [2.05, 4.69) is 6.58 Å². The zero-order valence-corrected chi connectivity index (χ0v) is 15.7. The molecule has 1 aliphatic rings. The van der Waals surface area contributed by atoms with E-state index in [1.54, 1.807) is 60.7 Å². The van der Waals surface area contributed by atoms with Gasteiger partial charge in [0.1, 0.15) is 12.6 Å². The van der Waals surface area contributed by atoms with Crippen LogP contribution < -0.4 is 0 Å². The molecule has 154 valence electrons. The van der Waals surface area contributed by atoms with Gasteiger partial charge in [0.15, 0.2) is 0 Å². The molecule has 0 bridgehead atoms. The maximum Gasteiger partial charge on any atom is 0.415 e. The molecule has 0 radical (unpaired) electrons. The molecule has 7 heteroatoms. The summed E-state index contributed by atoms with van der Waals surface area (Å²) in [6.45, 7) is 2.86. The predicted octanol–water partition coefficient (Wildman–Crippen LogP) is 6.32. The maximum absolute atomic E-state index is 15.0. The monoisotopic (exact) mass is 415 g/mol. The van der Waals surface area contributed by atoms with E-state index in [4.69, 9.17) is 4.74 Å². The van der Waals surface area contributed by atoms with Crippen molar-refractivity contribution in [2.75, 3.05) is 0 Å². The van der Waals surface area contributed by atoms with Gasteiger partial charge in [-0.15, -0.1) is 0 Å². The van der Waals surface area contributed by atoms with Gasteiger partial charge in [0, 0.05) is 0 Å². The van der Waals surface area contributed by atoms with Crippen LogP contribution in [0.15, 0.2) is 85.1 Å². The van der Waals surface area contributed by atoms with Gasteiger partial charge in [0.2, 0.25) is 0 Å². The van der Waals surface area contributed by atoms with Crippen LogP contribution in [0.5, 0.6) is 0 Å². The van der Waals surface area contributed by atoms with Gasteiger partial charge in [0.05, 0.1) is 5.70 Å². The summed E-state index contributed by atoms with van der Waals surface area (Å²) in [4.78, 5) is 13.0. The van der Waals surface area contributed by atoms with Gasteiger partial charge in [0.25, 0.3) is 0 Å². The SMILES string of the molecule is C=C1N(C(=O)OCc2ccccc2)C(c2cccc3ccccc23)C(F)(F)C1(F)F. The van der Waals surface area contributed by atoms with Crippen molar-refractivity contribution in [3.05, 3.63) is 96.2 Å². The van der Waals surface area contributed by atoms with Crippen LogP contribution in [0.4, 0.5) is 22.4 Å². The smallest absolute Gasteiger partial charge is 0.415 e. The molecule has 4 rings (SSSR count). The number of carbonyl (C=O) groups is 1. The molecule has 1 atom stereocenters. The fourth-order valence-electron chi connectivity index (χ4n) is 3.66. The Balaban J connectivity index is 1.77. The lowest BCUT2D eigenvalue weighted by Gasteiger charge is -2.27. The number of carbonyl (C=O) groups excluding carboxylic acids is 1. The van der Waals surface area contributed by atoms with Crippen molar-refractivity contribution in [2.45, 2.75) is 24.5 Å². The Hall–Kier alpha value is -3.35. The Morgan fingerprint density at radius 3 is 2.30 bits per heavy atom. The average Bonchev–Trinajstić information content (AvgIpc) is 2.89. The van der Waals surface area contributed by atoms with Crippen LogP contribution in [0.25, 0.3) is 10.8 Å². The topological polar surface area (TPSA) is 29.5 Å². The third-order valence-corrected chi connectivity index (χ3v) is 5.19. The molecule has 0 saturated carbocycles. The lowest BCUT2D eigenvalue weighted by atomic mass is 9.94. The molecule has 1 aliphatic heterocycles. The molecular weight excluding hydrogens is 398 g/mol. The molecule has 1 unspecified atom stereocenters. The van der Waals surface area contributed by atoms with E-state index in [9.17, 15) is 22.4 Å². The highest BCUT2D eigenvalue weighted by atomic mass is 19.3. The van der Waals surface area contributed by atoms with E-state index >= 15 is 0 Å². The number of ether oxygens (including phenoxy) is 1. The molecular formula is C23H17F4NO2. The standard InChI is InChI=1S/C23H17F4NO2/c1-15-22(24,25)23(26,27)20(19-13-7-11-17-10-5-6-12-18(17)19)28(15)21(29)30-14-16-8-3-2-4-9-16/h2-13,20H,1,14H2. The van der Waals surface area contributed by atoms with Crippen molar-refractivity contribution in [1.82, 2.24) is 4.90 Å². The van der Waals surface area contributed by atoms with Crippen LogP contribution in [0, 0.1) is 0 Å². The summed E-state index contributed by atoms with van der Waals surface area (Å²) in [7, 11) is 0. The molecule has 1 heterocycles. The lowest BCUT2D eigenvalue weighted by molar-refractivity contribution is -0.179. The first-order valence-corrected chi connectivity index (χ1v) is 9.17. The largest absolute Gasteiger partial charge is 0.444 e. The Bertz CT molecular complexity index is 1110. The molecule has 0 aromatic heterocycles. The Morgan fingerprint density at radius 1 is 0.933 bits per heavy atom. The highest BCUT2D eigenvalue weighted by Crippen LogP contribution is 2.58. The summed E-state index contributed by atoms with van der Waals surface area (Å²) in [5, 5.41) is 0.931. The summed E-state index contributed by atoms with van der Waals surface area (Å²) < 4.78 is 64.1. The normalized spacial score (nSPS) is 19.8. The second kappa shape index (κ2) is 7.16. The van der Waals surface area contributed by atoms with Crippen LogP contribution in [0.1, 0.15) is 17.2 Å². The number of hydrogen-bond donors (Lipinski definition) is 0. The molecule has 3 aromatic carbocycles. The van der Waals surface area contributed by atoms with Crippen LogP contribution in [0.3, 0.4) is 0 Å². The van der Waals surface area contributed by atoms with Gasteiger partial charge >= 0.3 is 17.9 Å². The molecule has 1 saturated heterocycles. The summed E-state index contributed by atoms with van der Waals surface area (Å²) >= 11 is 0. The Morgan fingerprint density at radius 2 is 1.57 bits per heavy atom. The number of benzene rings is 3. The molecule has 0 spiro atoms. The number of halogens is 4. The number of likely N-dealkylation sites (tertiary alicyclic amines) is 1. The third-order valence-electron chi connectivity index (χ3n) is 5.19. The van der Waals surface area contributed by atoms with Crippen molar-refractivity contribution < 1.29 is 27.1 Å². The second-order valence-corrected chi connectivity index (χ2v) is 7.03. The quantitative estimate of drug-likeness (QED) is 0.469. The minimum Gasteiger partial charge on any atom is -0.444 e. The van der Waals surface area contributed by atoms with Crippen LogP contribution in [0.2, 0.25) is 0 Å². The molecule has 3 aromatic rings. The van der Waals surface area contributed by atoms with E-state index in [0.29, 0.717) is 16.3 Å². The fraction of sp³-hybridized carbons (Fsp3) is 0.174. The first kappa shape index (κ1) is 19.9. The minimum atomic E-state index is -4.61. The van der Waals surface area contributed by atoms with Gasteiger partial charge in [-0.05, 0) is 21.9 Å². The summed E-state index contributed by atoms with van der Waals surface area (Å²) in [5.41, 5.74) is -0.799. The number of allylic oxidation sites excluding steroid dienone is 1. The van der Waals surface area contributed by atoms with Crippen LogP contribution in [-0.2, 0) is 11.3 Å². The average molecular weight is 415 g/mol. The molecule has 1 amide bonds. The number of amides is 1. The summed E-state index contributed by atoms with van der Waals surface area (Å²) in [6, 6.07) is 17.3. The van der Waals surface area contributed by atoms with E-state index < -0.39 is 29.7 Å². The van der Waals surface area contributed by atoms with Gasteiger partial charge in [-0.3, -0.25) is 4.90 Å².